The van der Waals surface area contributed by atoms with Crippen LogP contribution in [0.3, 0.4) is 0 Å². The highest BCUT2D eigenvalue weighted by Gasteiger charge is 2.18. The van der Waals surface area contributed by atoms with Crippen LogP contribution in [0.15, 0.2) is 36.4 Å². The molecular weight excluding hydrogens is 394 g/mol. The van der Waals surface area contributed by atoms with E-state index in [0.717, 1.165) is 11.3 Å². The maximum absolute atomic E-state index is 12.2. The van der Waals surface area contributed by atoms with Gasteiger partial charge < -0.3 is 24.3 Å². The average Bonchev–Trinajstić information content (AvgIpc) is 3.18. The first-order valence-electron chi connectivity index (χ1n) is 8.91. The molecule has 0 aliphatic heterocycles. The molecule has 1 heterocycles. The molecule has 0 unspecified atom stereocenters. The van der Waals surface area contributed by atoms with Crippen LogP contribution in [0.1, 0.15) is 38.8 Å². The number of allylic oxidation sites excluding steroid dienone is 1. The molecule has 7 nitrogen and oxygen atoms in total. The lowest BCUT2D eigenvalue weighted by molar-refractivity contribution is -0.254. The number of aromatic carboxylic acids is 1. The van der Waals surface area contributed by atoms with Gasteiger partial charge >= 0.3 is 0 Å². The fraction of sp³-hybridized carbons (Fsp3) is 0.286. The zero-order chi connectivity index (χ0) is 21.6. The van der Waals surface area contributed by atoms with E-state index >= 15 is 0 Å². The van der Waals surface area contributed by atoms with Gasteiger partial charge in [0.1, 0.15) is 0 Å². The number of carboxylic acid groups (broad SMARTS) is 1. The summed E-state index contributed by atoms with van der Waals surface area (Å²) in [4.78, 5) is 36.8. The van der Waals surface area contributed by atoms with E-state index in [-0.39, 0.29) is 16.6 Å². The second-order valence-electron chi connectivity index (χ2n) is 6.28. The molecule has 1 aromatic carbocycles. The Morgan fingerprint density at radius 2 is 1.83 bits per heavy atom. The molecule has 1 amide bonds. The van der Waals surface area contributed by atoms with Gasteiger partial charge in [-0.2, -0.15) is 0 Å². The van der Waals surface area contributed by atoms with Gasteiger partial charge in [-0.05, 0) is 49.8 Å². The summed E-state index contributed by atoms with van der Waals surface area (Å²) in [6, 6.07) is 7.91. The summed E-state index contributed by atoms with van der Waals surface area (Å²) in [6.45, 7) is 3.89. The van der Waals surface area contributed by atoms with Crippen molar-refractivity contribution in [2.45, 2.75) is 20.0 Å². The first-order chi connectivity index (χ1) is 13.7. The molecule has 2 rings (SSSR count). The van der Waals surface area contributed by atoms with Crippen molar-refractivity contribution in [1.82, 2.24) is 4.90 Å². The molecule has 0 bridgehead atoms. The zero-order valence-electron chi connectivity index (χ0n) is 16.6. The Kier molecular flexibility index (Phi) is 7.55. The number of likely N-dealkylation sites (N-methyl/N-ethyl adjacent to an activating group) is 1. The first kappa shape index (κ1) is 22.2. The van der Waals surface area contributed by atoms with E-state index in [4.69, 9.17) is 9.47 Å². The lowest BCUT2D eigenvalue weighted by atomic mass is 10.1. The van der Waals surface area contributed by atoms with E-state index in [1.165, 1.54) is 23.1 Å². The van der Waals surface area contributed by atoms with E-state index < -0.39 is 12.1 Å². The fourth-order valence-electron chi connectivity index (χ4n) is 2.43. The summed E-state index contributed by atoms with van der Waals surface area (Å²) in [5.74, 6) is -0.914. The van der Waals surface area contributed by atoms with Crippen LogP contribution >= 0.6 is 11.3 Å². The van der Waals surface area contributed by atoms with Crippen molar-refractivity contribution in [3.8, 4) is 11.5 Å². The molecular formula is C21H22NO6S-. The number of hydrogen-bond donors (Lipinski definition) is 0. The van der Waals surface area contributed by atoms with Gasteiger partial charge in [-0.3, -0.25) is 9.59 Å². The predicted molar refractivity (Wildman–Crippen MR) is 108 cm³/mol. The minimum Gasteiger partial charge on any atom is -0.544 e. The number of carbonyl (C=O) groups is 3. The van der Waals surface area contributed by atoms with Crippen molar-refractivity contribution in [2.24, 2.45) is 0 Å². The third-order valence-electron chi connectivity index (χ3n) is 3.84. The van der Waals surface area contributed by atoms with Gasteiger partial charge in [-0.1, -0.05) is 12.1 Å². The fourth-order valence-corrected chi connectivity index (χ4v) is 3.19. The summed E-state index contributed by atoms with van der Waals surface area (Å²) in [6.07, 6.45) is 2.28. The van der Waals surface area contributed by atoms with Crippen molar-refractivity contribution in [3.63, 3.8) is 0 Å². The van der Waals surface area contributed by atoms with Crippen molar-refractivity contribution < 1.29 is 29.0 Å². The SMILES string of the molecule is CCOc1cc(/C=C/C(=O)c2ccc(C(=O)[O-])s2)ccc1O[C@H](C)C(=O)N(C)C. The third-order valence-corrected chi connectivity index (χ3v) is 4.92. The molecule has 0 saturated carbocycles. The number of amides is 1. The number of nitrogens with zero attached hydrogens (tertiary/aromatic N) is 1. The summed E-state index contributed by atoms with van der Waals surface area (Å²) in [7, 11) is 3.31. The van der Waals surface area contributed by atoms with Crippen LogP contribution in [-0.2, 0) is 4.79 Å². The molecule has 154 valence electrons. The molecule has 0 aliphatic carbocycles. The van der Waals surface area contributed by atoms with Crippen molar-refractivity contribution in [3.05, 3.63) is 51.7 Å². The van der Waals surface area contributed by atoms with E-state index in [0.29, 0.717) is 28.5 Å². The monoisotopic (exact) mass is 416 g/mol. The van der Waals surface area contributed by atoms with Crippen LogP contribution in [0.2, 0.25) is 0 Å². The number of carbonyl (C=O) groups excluding carboxylic acids is 3. The number of ketones is 1. The van der Waals surface area contributed by atoms with Gasteiger partial charge in [0.05, 0.1) is 22.3 Å². The summed E-state index contributed by atoms with van der Waals surface area (Å²) >= 11 is 0.866. The van der Waals surface area contributed by atoms with E-state index in [1.807, 2.05) is 6.92 Å². The Balaban J connectivity index is 2.17. The molecule has 1 atom stereocenters. The highest BCUT2D eigenvalue weighted by Crippen LogP contribution is 2.30. The predicted octanol–water partition coefficient (Wildman–Crippen LogP) is 2.26. The minimum absolute atomic E-state index is 0.00303. The van der Waals surface area contributed by atoms with Crippen molar-refractivity contribution in [1.29, 1.82) is 0 Å². The highest BCUT2D eigenvalue weighted by atomic mass is 32.1. The quantitative estimate of drug-likeness (QED) is 0.460. The largest absolute Gasteiger partial charge is 0.544 e. The number of benzene rings is 1. The van der Waals surface area contributed by atoms with Crippen LogP contribution < -0.4 is 14.6 Å². The Morgan fingerprint density at radius 1 is 1.14 bits per heavy atom. The maximum atomic E-state index is 12.2. The zero-order valence-corrected chi connectivity index (χ0v) is 17.4. The van der Waals surface area contributed by atoms with Crippen LogP contribution in [0.5, 0.6) is 11.5 Å². The number of hydrogen-bond acceptors (Lipinski definition) is 7. The van der Waals surface area contributed by atoms with Gasteiger partial charge in [0, 0.05) is 14.1 Å². The molecule has 29 heavy (non-hydrogen) atoms. The van der Waals surface area contributed by atoms with E-state index in [9.17, 15) is 19.5 Å². The summed E-state index contributed by atoms with van der Waals surface area (Å²) in [5.41, 5.74) is 0.692. The van der Waals surface area contributed by atoms with E-state index in [2.05, 4.69) is 0 Å². The smallest absolute Gasteiger partial charge is 0.262 e. The molecule has 0 saturated heterocycles. The number of thiophene rings is 1. The van der Waals surface area contributed by atoms with Crippen LogP contribution in [0, 0.1) is 0 Å². The molecule has 2 aromatic rings. The molecule has 1 aromatic heterocycles. The summed E-state index contributed by atoms with van der Waals surface area (Å²) in [5, 5.41) is 10.8. The Bertz CT molecular complexity index is 931. The van der Waals surface area contributed by atoms with Crippen molar-refractivity contribution in [2.75, 3.05) is 20.7 Å². The summed E-state index contributed by atoms with van der Waals surface area (Å²) < 4.78 is 11.3. The van der Waals surface area contributed by atoms with Gasteiger partial charge in [0.25, 0.3) is 5.91 Å². The van der Waals surface area contributed by atoms with Gasteiger partial charge in [0.15, 0.2) is 23.4 Å². The molecule has 0 spiro atoms. The average molecular weight is 416 g/mol. The first-order valence-corrected chi connectivity index (χ1v) is 9.72. The normalized spacial score (nSPS) is 11.9. The van der Waals surface area contributed by atoms with Crippen LogP contribution in [0.4, 0.5) is 0 Å². The van der Waals surface area contributed by atoms with Crippen LogP contribution in [0.25, 0.3) is 6.08 Å². The molecule has 8 heteroatoms. The molecule has 0 aliphatic rings. The second kappa shape index (κ2) is 9.88. The van der Waals surface area contributed by atoms with Gasteiger partial charge in [-0.15, -0.1) is 11.3 Å². The number of carboxylic acids is 1. The Hall–Kier alpha value is -3.13. The molecule has 0 fully saturated rings. The Morgan fingerprint density at radius 3 is 2.41 bits per heavy atom. The van der Waals surface area contributed by atoms with Gasteiger partial charge in [-0.25, -0.2) is 0 Å². The third kappa shape index (κ3) is 5.92. The Labute approximate surface area is 173 Å². The van der Waals surface area contributed by atoms with Gasteiger partial charge in [0.2, 0.25) is 0 Å². The maximum Gasteiger partial charge on any atom is 0.262 e. The highest BCUT2D eigenvalue weighted by molar-refractivity contribution is 7.16. The lowest BCUT2D eigenvalue weighted by Gasteiger charge is -2.20. The lowest BCUT2D eigenvalue weighted by Crippen LogP contribution is -2.35. The van der Waals surface area contributed by atoms with Crippen LogP contribution in [-0.4, -0.2) is 49.4 Å². The topological polar surface area (TPSA) is 96.0 Å². The number of rotatable bonds is 9. The van der Waals surface area contributed by atoms with Crippen molar-refractivity contribution >= 4 is 35.1 Å². The van der Waals surface area contributed by atoms with E-state index in [1.54, 1.807) is 45.3 Å². The molecule has 0 N–H and O–H groups in total. The second-order valence-corrected chi connectivity index (χ2v) is 7.36. The standard InChI is InChI=1S/C21H23NO6S/c1-5-27-17-12-14(7-9-16(17)28-13(2)20(24)22(3)4)6-8-15(23)18-10-11-19(29-18)21(25)26/h6-13H,5H2,1-4H3,(H,25,26)/p-1/b8-6+/t13-/m1/s1. The minimum atomic E-state index is -1.31. The number of ether oxygens (including phenoxy) is 2. The molecule has 0 radical (unpaired) electrons.